The Morgan fingerprint density at radius 3 is 2.82 bits per heavy atom. The number of nitrogens with one attached hydrogen (secondary N) is 2. The highest BCUT2D eigenvalue weighted by Crippen LogP contribution is 2.16. The number of anilines is 1. The zero-order valence-electron chi connectivity index (χ0n) is 16.1. The number of rotatable bonds is 9. The van der Waals surface area contributed by atoms with Crippen LogP contribution < -0.4 is 10.6 Å². The third-order valence-electron chi connectivity index (χ3n) is 4.30. The molecule has 3 heterocycles. The quantitative estimate of drug-likeness (QED) is 0.538. The van der Waals surface area contributed by atoms with Crippen LogP contribution in [0.5, 0.6) is 0 Å². The van der Waals surface area contributed by atoms with Gasteiger partial charge in [0, 0.05) is 19.2 Å². The predicted octanol–water partition coefficient (Wildman–Crippen LogP) is 2.99. The van der Waals surface area contributed by atoms with Gasteiger partial charge in [0.1, 0.15) is 16.3 Å². The fourth-order valence-electron chi connectivity index (χ4n) is 2.89. The molecule has 2 amide bonds. The van der Waals surface area contributed by atoms with E-state index < -0.39 is 0 Å². The maximum atomic E-state index is 12.5. The van der Waals surface area contributed by atoms with Crippen LogP contribution in [-0.2, 0) is 11.2 Å². The molecule has 0 aliphatic heterocycles. The van der Waals surface area contributed by atoms with Crippen LogP contribution in [0.25, 0.3) is 5.65 Å². The topological polar surface area (TPSA) is 101 Å². The first-order chi connectivity index (χ1) is 13.6. The summed E-state index contributed by atoms with van der Waals surface area (Å²) in [6, 6.07) is 5.65. The minimum absolute atomic E-state index is 0.0517. The van der Waals surface area contributed by atoms with Gasteiger partial charge in [0.2, 0.25) is 11.0 Å². The third-order valence-corrected chi connectivity index (χ3v) is 5.28. The number of hydrogen-bond donors (Lipinski definition) is 2. The molecule has 0 aliphatic carbocycles. The van der Waals surface area contributed by atoms with Crippen molar-refractivity contribution in [3.8, 4) is 0 Å². The molecule has 9 heteroatoms. The van der Waals surface area contributed by atoms with Gasteiger partial charge < -0.3 is 10.6 Å². The zero-order chi connectivity index (χ0) is 19.9. The molecule has 3 aromatic rings. The number of carbonyl (C=O) groups excluding carboxylic acids is 2. The first-order valence-corrected chi connectivity index (χ1v) is 10.2. The van der Waals surface area contributed by atoms with Crippen molar-refractivity contribution in [1.29, 1.82) is 0 Å². The highest BCUT2D eigenvalue weighted by atomic mass is 32.1. The van der Waals surface area contributed by atoms with Crippen LogP contribution in [0.2, 0.25) is 0 Å². The average molecular weight is 401 g/mol. The number of carbonyl (C=O) groups is 2. The summed E-state index contributed by atoms with van der Waals surface area (Å²) in [5.41, 5.74) is 2.04. The van der Waals surface area contributed by atoms with E-state index in [1.54, 1.807) is 4.40 Å². The Balaban J connectivity index is 1.36. The highest BCUT2D eigenvalue weighted by molar-refractivity contribution is 7.15. The molecule has 28 heavy (non-hydrogen) atoms. The maximum Gasteiger partial charge on any atom is 0.270 e. The fraction of sp³-hybridized carbons (Fsp3) is 0.421. The lowest BCUT2D eigenvalue weighted by atomic mass is 10.2. The van der Waals surface area contributed by atoms with E-state index in [2.05, 4.69) is 25.8 Å². The molecule has 3 aromatic heterocycles. The lowest BCUT2D eigenvalue weighted by Crippen LogP contribution is -2.26. The molecule has 148 valence electrons. The molecule has 2 N–H and O–H groups in total. The molecule has 8 nitrogen and oxygen atoms in total. The predicted molar refractivity (Wildman–Crippen MR) is 109 cm³/mol. The summed E-state index contributed by atoms with van der Waals surface area (Å²) in [4.78, 5) is 28.8. The molecule has 0 saturated heterocycles. The summed E-state index contributed by atoms with van der Waals surface area (Å²) in [5.74, 6) is -0.180. The monoisotopic (exact) mass is 400 g/mol. The average Bonchev–Trinajstić information content (AvgIpc) is 3.27. The van der Waals surface area contributed by atoms with Gasteiger partial charge in [0.05, 0.1) is 5.69 Å². The van der Waals surface area contributed by atoms with Crippen molar-refractivity contribution >= 4 is 33.9 Å². The van der Waals surface area contributed by atoms with Crippen LogP contribution in [0.3, 0.4) is 0 Å². The van der Waals surface area contributed by atoms with E-state index >= 15 is 0 Å². The van der Waals surface area contributed by atoms with Crippen LogP contribution in [0.4, 0.5) is 5.13 Å². The van der Waals surface area contributed by atoms with Crippen molar-refractivity contribution < 1.29 is 9.59 Å². The number of hydrogen-bond acceptors (Lipinski definition) is 6. The summed E-state index contributed by atoms with van der Waals surface area (Å²) in [6.45, 7) is 4.40. The van der Waals surface area contributed by atoms with Crippen molar-refractivity contribution in [2.24, 2.45) is 0 Å². The molecule has 0 fully saturated rings. The second-order valence-electron chi connectivity index (χ2n) is 6.44. The van der Waals surface area contributed by atoms with Crippen molar-refractivity contribution in [2.45, 2.75) is 46.0 Å². The van der Waals surface area contributed by atoms with Crippen molar-refractivity contribution in [2.75, 3.05) is 11.9 Å². The maximum absolute atomic E-state index is 12.5. The number of fused-ring (bicyclic) bond motifs is 1. The van der Waals surface area contributed by atoms with Crippen LogP contribution in [-0.4, -0.2) is 37.9 Å². The summed E-state index contributed by atoms with van der Waals surface area (Å²) in [6.07, 6.45) is 5.51. The van der Waals surface area contributed by atoms with Gasteiger partial charge in [-0.05, 0) is 38.3 Å². The van der Waals surface area contributed by atoms with Gasteiger partial charge in [-0.1, -0.05) is 30.7 Å². The van der Waals surface area contributed by atoms with Gasteiger partial charge in [-0.25, -0.2) is 4.98 Å². The Hall–Kier alpha value is -2.81. The lowest BCUT2D eigenvalue weighted by molar-refractivity contribution is -0.116. The smallest absolute Gasteiger partial charge is 0.270 e. The van der Waals surface area contributed by atoms with E-state index in [-0.39, 0.29) is 11.8 Å². The Morgan fingerprint density at radius 1 is 1.18 bits per heavy atom. The van der Waals surface area contributed by atoms with E-state index in [0.29, 0.717) is 29.5 Å². The van der Waals surface area contributed by atoms with E-state index in [0.717, 1.165) is 36.3 Å². The number of imidazole rings is 1. The summed E-state index contributed by atoms with van der Waals surface area (Å²) >= 11 is 1.40. The molecule has 0 aromatic carbocycles. The van der Waals surface area contributed by atoms with Gasteiger partial charge in [-0.15, -0.1) is 10.2 Å². The molecule has 0 aliphatic rings. The van der Waals surface area contributed by atoms with Crippen LogP contribution in [0.1, 0.15) is 53.8 Å². The molecule has 0 radical (unpaired) electrons. The molecule has 0 spiro atoms. The number of nitrogens with zero attached hydrogens (tertiary/aromatic N) is 4. The van der Waals surface area contributed by atoms with Crippen molar-refractivity contribution in [3.05, 3.63) is 40.8 Å². The number of amides is 2. The molecule has 0 saturated carbocycles. The standard InChI is InChI=1S/C19H24N6O2S/c1-3-16-23-24-19(28-16)22-15(26)10-5-4-7-11-20-18(27)17-13(2)21-14-9-6-8-12-25(14)17/h6,8-9,12H,3-5,7,10-11H2,1-2H3,(H,20,27)(H,22,24,26). The number of aryl methyl sites for hydroxylation is 2. The minimum atomic E-state index is -0.128. The molecule has 3 rings (SSSR count). The molecule has 0 atom stereocenters. The summed E-state index contributed by atoms with van der Waals surface area (Å²) in [7, 11) is 0. The third kappa shape index (κ3) is 4.92. The Kier molecular flexibility index (Phi) is 6.70. The van der Waals surface area contributed by atoms with Crippen LogP contribution in [0, 0.1) is 6.92 Å². The Labute approximate surface area is 167 Å². The molecular weight excluding hydrogens is 376 g/mol. The first-order valence-electron chi connectivity index (χ1n) is 9.42. The van der Waals surface area contributed by atoms with Crippen molar-refractivity contribution in [1.82, 2.24) is 24.9 Å². The van der Waals surface area contributed by atoms with Gasteiger partial charge in [0.15, 0.2) is 0 Å². The minimum Gasteiger partial charge on any atom is -0.351 e. The van der Waals surface area contributed by atoms with Crippen molar-refractivity contribution in [3.63, 3.8) is 0 Å². The summed E-state index contributed by atoms with van der Waals surface area (Å²) < 4.78 is 1.80. The normalized spacial score (nSPS) is 10.9. The van der Waals surface area contributed by atoms with Gasteiger partial charge in [-0.3, -0.25) is 14.0 Å². The fourth-order valence-corrected chi connectivity index (χ4v) is 3.58. The lowest BCUT2D eigenvalue weighted by Gasteiger charge is -2.06. The van der Waals surface area contributed by atoms with E-state index in [9.17, 15) is 9.59 Å². The Bertz CT molecular complexity index is 964. The second kappa shape index (κ2) is 9.41. The molecule has 0 unspecified atom stereocenters. The summed E-state index contributed by atoms with van der Waals surface area (Å²) in [5, 5.41) is 15.1. The number of pyridine rings is 1. The van der Waals surface area contributed by atoms with E-state index in [4.69, 9.17) is 0 Å². The van der Waals surface area contributed by atoms with Gasteiger partial charge in [-0.2, -0.15) is 0 Å². The highest BCUT2D eigenvalue weighted by Gasteiger charge is 2.15. The van der Waals surface area contributed by atoms with Gasteiger partial charge in [0.25, 0.3) is 5.91 Å². The molecular formula is C19H24N6O2S. The largest absolute Gasteiger partial charge is 0.351 e. The van der Waals surface area contributed by atoms with E-state index in [1.165, 1.54) is 11.3 Å². The van der Waals surface area contributed by atoms with Gasteiger partial charge >= 0.3 is 0 Å². The number of unbranched alkanes of at least 4 members (excludes halogenated alkanes) is 2. The number of aromatic nitrogens is 4. The van der Waals surface area contributed by atoms with Crippen LogP contribution in [0.15, 0.2) is 24.4 Å². The molecule has 0 bridgehead atoms. The SMILES string of the molecule is CCc1nnc(NC(=O)CCCCCNC(=O)c2c(C)nc3ccccn23)s1. The Morgan fingerprint density at radius 2 is 2.04 bits per heavy atom. The van der Waals surface area contributed by atoms with E-state index in [1.807, 2.05) is 38.2 Å². The first kappa shape index (κ1) is 19.9. The van der Waals surface area contributed by atoms with Crippen LogP contribution >= 0.6 is 11.3 Å². The second-order valence-corrected chi connectivity index (χ2v) is 7.51. The zero-order valence-corrected chi connectivity index (χ0v) is 16.9.